The molecule has 0 aromatic rings. The number of unbranched alkanes of at least 4 members (excludes halogenated alkanes) is 1. The summed E-state index contributed by atoms with van der Waals surface area (Å²) in [6.07, 6.45) is 12.0. The molecule has 0 aromatic carbocycles. The van der Waals surface area contributed by atoms with Gasteiger partial charge in [-0.05, 0) is 113 Å². The van der Waals surface area contributed by atoms with Crippen molar-refractivity contribution in [2.75, 3.05) is 0 Å². The second-order valence-corrected chi connectivity index (χ2v) is 12.0. The summed E-state index contributed by atoms with van der Waals surface area (Å²) in [4.78, 5) is 23.4. The third-order valence-corrected chi connectivity index (χ3v) is 10.4. The molecule has 0 spiro atoms. The molecule has 4 aliphatic rings. The minimum absolute atomic E-state index is 0.214. The van der Waals surface area contributed by atoms with Gasteiger partial charge >= 0.3 is 0 Å². The maximum atomic E-state index is 12.3. The van der Waals surface area contributed by atoms with Crippen molar-refractivity contribution in [2.24, 2.45) is 40.4 Å². The summed E-state index contributed by atoms with van der Waals surface area (Å²) in [5.74, 6) is 10.0. The van der Waals surface area contributed by atoms with Gasteiger partial charge in [0.2, 0.25) is 0 Å². The number of Topliss-reactive ketones (excluding diaryl/α,β-unsaturated/α-hetero) is 2. The minimum atomic E-state index is -0.844. The van der Waals surface area contributed by atoms with Gasteiger partial charge in [-0.1, -0.05) is 19.8 Å². The van der Waals surface area contributed by atoms with Crippen molar-refractivity contribution in [3.8, 4) is 11.8 Å². The highest BCUT2D eigenvalue weighted by Gasteiger charge is 2.61. The summed E-state index contributed by atoms with van der Waals surface area (Å²) in [6.45, 7) is 8.36. The van der Waals surface area contributed by atoms with Crippen LogP contribution in [0.3, 0.4) is 0 Å². The Labute approximate surface area is 189 Å². The van der Waals surface area contributed by atoms with Crippen LogP contribution < -0.4 is 0 Å². The van der Waals surface area contributed by atoms with Gasteiger partial charge in [0.25, 0.3) is 0 Å². The molecule has 8 atom stereocenters. The summed E-state index contributed by atoms with van der Waals surface area (Å²) in [6, 6.07) is 0. The van der Waals surface area contributed by atoms with Gasteiger partial charge in [-0.15, -0.1) is 5.92 Å². The van der Waals surface area contributed by atoms with Crippen LogP contribution >= 0.6 is 0 Å². The number of ketones is 2. The molecule has 3 heteroatoms. The van der Waals surface area contributed by atoms with E-state index in [0.717, 1.165) is 43.9 Å². The molecule has 1 N–H and O–H groups in total. The molecule has 4 rings (SSSR count). The van der Waals surface area contributed by atoms with Crippen molar-refractivity contribution in [3.63, 3.8) is 0 Å². The molecule has 31 heavy (non-hydrogen) atoms. The van der Waals surface area contributed by atoms with E-state index in [1.54, 1.807) is 6.92 Å². The van der Waals surface area contributed by atoms with Gasteiger partial charge in [0.1, 0.15) is 17.2 Å². The Morgan fingerprint density at radius 3 is 2.39 bits per heavy atom. The molecular weight excluding hydrogens is 384 g/mol. The second-order valence-electron chi connectivity index (χ2n) is 12.0. The molecule has 0 saturated heterocycles. The summed E-state index contributed by atoms with van der Waals surface area (Å²) in [5, 5.41) is 11.2. The molecule has 0 radical (unpaired) electrons. The molecule has 0 bridgehead atoms. The van der Waals surface area contributed by atoms with Crippen molar-refractivity contribution in [1.29, 1.82) is 0 Å². The predicted octanol–water partition coefficient (Wildman–Crippen LogP) is 5.73. The van der Waals surface area contributed by atoms with Crippen LogP contribution in [0.5, 0.6) is 0 Å². The van der Waals surface area contributed by atoms with E-state index in [2.05, 4.69) is 25.7 Å². The van der Waals surface area contributed by atoms with Crippen molar-refractivity contribution >= 4 is 11.6 Å². The minimum Gasteiger partial charge on any atom is -0.378 e. The lowest BCUT2D eigenvalue weighted by Gasteiger charge is -2.61. The molecule has 4 aliphatic carbocycles. The number of carbonyl (C=O) groups is 2. The third kappa shape index (κ3) is 4.03. The first kappa shape index (κ1) is 23.0. The topological polar surface area (TPSA) is 54.4 Å². The zero-order valence-corrected chi connectivity index (χ0v) is 20.1. The van der Waals surface area contributed by atoms with Crippen LogP contribution in [0.4, 0.5) is 0 Å². The first-order valence-corrected chi connectivity index (χ1v) is 12.8. The molecule has 4 fully saturated rings. The predicted molar refractivity (Wildman–Crippen MR) is 123 cm³/mol. The van der Waals surface area contributed by atoms with E-state index in [1.807, 2.05) is 6.92 Å². The van der Waals surface area contributed by atoms with Crippen LogP contribution in [0, 0.1) is 52.3 Å². The molecular formula is C28H42O3. The lowest BCUT2D eigenvalue weighted by Crippen LogP contribution is -2.56. The van der Waals surface area contributed by atoms with E-state index < -0.39 is 5.60 Å². The first-order chi connectivity index (χ1) is 14.6. The molecule has 4 saturated carbocycles. The van der Waals surface area contributed by atoms with Gasteiger partial charge in [-0.3, -0.25) is 4.79 Å². The van der Waals surface area contributed by atoms with Gasteiger partial charge in [-0.25, -0.2) is 0 Å². The Kier molecular flexibility index (Phi) is 6.19. The number of rotatable bonds is 4. The lowest BCUT2D eigenvalue weighted by atomic mass is 9.44. The Morgan fingerprint density at radius 1 is 0.935 bits per heavy atom. The fraction of sp³-hybridized carbons (Fsp3) is 0.857. The third-order valence-electron chi connectivity index (χ3n) is 10.4. The van der Waals surface area contributed by atoms with Crippen LogP contribution in [0.2, 0.25) is 0 Å². The Bertz CT molecular complexity index is 790. The van der Waals surface area contributed by atoms with Crippen LogP contribution in [0.15, 0.2) is 0 Å². The van der Waals surface area contributed by atoms with E-state index >= 15 is 0 Å². The Hall–Kier alpha value is -1.14. The lowest BCUT2D eigenvalue weighted by molar-refractivity contribution is -0.144. The maximum Gasteiger partial charge on any atom is 0.133 e. The average Bonchev–Trinajstić information content (AvgIpc) is 3.06. The largest absolute Gasteiger partial charge is 0.378 e. The highest BCUT2D eigenvalue weighted by atomic mass is 16.3. The highest BCUT2D eigenvalue weighted by Crippen LogP contribution is 2.68. The number of aliphatic hydroxyl groups is 1. The van der Waals surface area contributed by atoms with Crippen LogP contribution in [-0.4, -0.2) is 22.3 Å². The number of carbonyl (C=O) groups excluding carboxylic acids is 2. The molecule has 0 amide bonds. The normalized spacial score (nSPS) is 46.2. The first-order valence-electron chi connectivity index (χ1n) is 12.8. The molecule has 0 aliphatic heterocycles. The summed E-state index contributed by atoms with van der Waals surface area (Å²) in [5.41, 5.74) is -0.318. The van der Waals surface area contributed by atoms with Crippen molar-refractivity contribution in [3.05, 3.63) is 0 Å². The number of fused-ring (bicyclic) bond motifs is 5. The summed E-state index contributed by atoms with van der Waals surface area (Å²) in [7, 11) is 0. The van der Waals surface area contributed by atoms with E-state index in [4.69, 9.17) is 0 Å². The van der Waals surface area contributed by atoms with E-state index in [0.29, 0.717) is 35.9 Å². The van der Waals surface area contributed by atoms with Crippen LogP contribution in [-0.2, 0) is 9.59 Å². The Morgan fingerprint density at radius 2 is 1.68 bits per heavy atom. The van der Waals surface area contributed by atoms with E-state index in [9.17, 15) is 14.7 Å². The Balaban J connectivity index is 1.45. The number of hydrogen-bond donors (Lipinski definition) is 1. The SMILES string of the molecule is CC(=O)CCCC#C[C@@]1(O)CC[C@@]2(C)[C@H](CC[C@@H]3[C@@H]2CC[C@]2(C)[C@@H](C(C)=O)CC[C@@H]32)C1. The van der Waals surface area contributed by atoms with Crippen molar-refractivity contribution < 1.29 is 14.7 Å². The van der Waals surface area contributed by atoms with Crippen molar-refractivity contribution in [2.45, 2.75) is 110 Å². The van der Waals surface area contributed by atoms with Crippen LogP contribution in [0.1, 0.15) is 105 Å². The van der Waals surface area contributed by atoms with Crippen molar-refractivity contribution in [1.82, 2.24) is 0 Å². The molecule has 0 heterocycles. The van der Waals surface area contributed by atoms with E-state index in [-0.39, 0.29) is 17.1 Å². The van der Waals surface area contributed by atoms with Gasteiger partial charge in [0.15, 0.2) is 0 Å². The average molecular weight is 427 g/mol. The molecule has 172 valence electrons. The van der Waals surface area contributed by atoms with Gasteiger partial charge < -0.3 is 9.90 Å². The highest BCUT2D eigenvalue weighted by molar-refractivity contribution is 5.79. The van der Waals surface area contributed by atoms with E-state index in [1.165, 1.54) is 32.1 Å². The molecule has 3 nitrogen and oxygen atoms in total. The van der Waals surface area contributed by atoms with Crippen LogP contribution in [0.25, 0.3) is 0 Å². The molecule has 0 aromatic heterocycles. The standard InChI is InChI=1S/C28H42O3/c1-19(29)8-6-5-7-14-28(31)17-16-26(3)21(18-28)9-10-22-24-12-11-23(20(2)30)27(24,4)15-13-25(22)26/h21-25,31H,5-6,8-13,15-18H2,1-4H3/t21-,22+,23-,24+,25+,26+,27-,28-/m1/s1. The number of hydrogen-bond acceptors (Lipinski definition) is 3. The fourth-order valence-corrected chi connectivity index (χ4v) is 8.68. The fourth-order valence-electron chi connectivity index (χ4n) is 8.68. The zero-order chi connectivity index (χ0) is 22.4. The summed E-state index contributed by atoms with van der Waals surface area (Å²) < 4.78 is 0. The molecule has 0 unspecified atom stereocenters. The van der Waals surface area contributed by atoms with Gasteiger partial charge in [0, 0.05) is 18.8 Å². The smallest absolute Gasteiger partial charge is 0.133 e. The second kappa shape index (κ2) is 8.33. The quantitative estimate of drug-likeness (QED) is 0.461. The van der Waals surface area contributed by atoms with Gasteiger partial charge in [-0.2, -0.15) is 0 Å². The monoisotopic (exact) mass is 426 g/mol. The van der Waals surface area contributed by atoms with Gasteiger partial charge in [0.05, 0.1) is 0 Å². The zero-order valence-electron chi connectivity index (χ0n) is 20.1. The summed E-state index contributed by atoms with van der Waals surface area (Å²) >= 11 is 0. The maximum absolute atomic E-state index is 12.3.